The van der Waals surface area contributed by atoms with Gasteiger partial charge < -0.3 is 15.2 Å². The van der Waals surface area contributed by atoms with Gasteiger partial charge in [0.1, 0.15) is 12.3 Å². The highest BCUT2D eigenvalue weighted by Gasteiger charge is 2.27. The number of nitrogens with zero attached hydrogens (tertiary/aromatic N) is 2. The maximum atomic E-state index is 5.92. The van der Waals surface area contributed by atoms with Crippen molar-refractivity contribution >= 4 is 5.69 Å². The van der Waals surface area contributed by atoms with E-state index < -0.39 is 0 Å². The number of aromatic nitrogens is 2. The van der Waals surface area contributed by atoms with Gasteiger partial charge in [-0.2, -0.15) is 5.10 Å². The maximum absolute atomic E-state index is 5.92. The largest absolute Gasteiger partial charge is 0.486 e. The molecule has 2 aliphatic heterocycles. The van der Waals surface area contributed by atoms with Crippen molar-refractivity contribution in [2.75, 3.05) is 18.9 Å². The number of nitrogen functional groups attached to an aromatic ring is 1. The molecule has 0 aliphatic carbocycles. The lowest BCUT2D eigenvalue weighted by Gasteiger charge is -2.25. The van der Waals surface area contributed by atoms with Crippen molar-refractivity contribution in [3.63, 3.8) is 0 Å². The van der Waals surface area contributed by atoms with Crippen LogP contribution >= 0.6 is 0 Å². The van der Waals surface area contributed by atoms with Gasteiger partial charge in [-0.05, 0) is 12.1 Å². The van der Waals surface area contributed by atoms with E-state index in [0.29, 0.717) is 18.3 Å². The zero-order valence-electron chi connectivity index (χ0n) is 9.80. The summed E-state index contributed by atoms with van der Waals surface area (Å²) in [5.74, 6) is 0.750. The molecule has 1 aromatic carbocycles. The summed E-state index contributed by atoms with van der Waals surface area (Å²) in [4.78, 5) is 0. The van der Waals surface area contributed by atoms with Crippen LogP contribution in [-0.4, -0.2) is 23.0 Å². The van der Waals surface area contributed by atoms with Crippen LogP contribution in [0, 0.1) is 0 Å². The van der Waals surface area contributed by atoms with E-state index >= 15 is 0 Å². The van der Waals surface area contributed by atoms with Gasteiger partial charge in [0.2, 0.25) is 0 Å². The molecular formula is C13H13N3O2. The van der Waals surface area contributed by atoms with E-state index in [0.717, 1.165) is 35.8 Å². The summed E-state index contributed by atoms with van der Waals surface area (Å²) in [6.07, 6.45) is 2.05. The summed E-state index contributed by atoms with van der Waals surface area (Å²) in [7, 11) is 0. The fraction of sp³-hybridized carbons (Fsp3) is 0.308. The van der Waals surface area contributed by atoms with E-state index in [1.807, 2.05) is 22.9 Å². The van der Waals surface area contributed by atoms with Crippen LogP contribution in [0.3, 0.4) is 0 Å². The van der Waals surface area contributed by atoms with E-state index in [4.69, 9.17) is 15.2 Å². The number of ether oxygens (including phenoxy) is 2. The van der Waals surface area contributed by atoms with E-state index in [9.17, 15) is 0 Å². The molecule has 0 atom stereocenters. The Bertz CT molecular complexity index is 617. The molecule has 0 amide bonds. The second-order valence-corrected chi connectivity index (χ2v) is 4.69. The van der Waals surface area contributed by atoms with Crippen molar-refractivity contribution in [2.45, 2.75) is 12.6 Å². The van der Waals surface area contributed by atoms with Crippen LogP contribution < -0.4 is 10.5 Å². The highest BCUT2D eigenvalue weighted by molar-refractivity contribution is 5.78. The molecular weight excluding hydrogens is 230 g/mol. The first-order valence-corrected chi connectivity index (χ1v) is 6.00. The zero-order valence-corrected chi connectivity index (χ0v) is 9.80. The van der Waals surface area contributed by atoms with Gasteiger partial charge >= 0.3 is 0 Å². The van der Waals surface area contributed by atoms with E-state index in [2.05, 4.69) is 11.3 Å². The first-order chi connectivity index (χ1) is 8.83. The number of hydrogen-bond acceptors (Lipinski definition) is 4. The van der Waals surface area contributed by atoms with E-state index in [-0.39, 0.29) is 0 Å². The maximum Gasteiger partial charge on any atom is 0.152 e. The summed E-state index contributed by atoms with van der Waals surface area (Å²) >= 11 is 0. The average Bonchev–Trinajstić information content (AvgIpc) is 2.70. The zero-order chi connectivity index (χ0) is 12.1. The molecule has 1 saturated heterocycles. The first-order valence-electron chi connectivity index (χ1n) is 6.00. The molecule has 2 N–H and O–H groups in total. The molecule has 0 radical (unpaired) electrons. The predicted molar refractivity (Wildman–Crippen MR) is 66.3 cm³/mol. The summed E-state index contributed by atoms with van der Waals surface area (Å²) in [6, 6.07) is 6.14. The number of benzene rings is 1. The van der Waals surface area contributed by atoms with Gasteiger partial charge in [0.05, 0.1) is 24.9 Å². The molecule has 0 saturated carbocycles. The first kappa shape index (κ1) is 9.96. The van der Waals surface area contributed by atoms with Gasteiger partial charge in [0, 0.05) is 17.3 Å². The SMILES string of the molecule is Nc1cccc2c1OCc1cn(C3COC3)nc1-2. The molecule has 1 aromatic heterocycles. The van der Waals surface area contributed by atoms with Gasteiger partial charge in [0.15, 0.2) is 5.75 Å². The third-order valence-corrected chi connectivity index (χ3v) is 3.47. The number of hydrogen-bond donors (Lipinski definition) is 1. The Morgan fingerprint density at radius 2 is 2.22 bits per heavy atom. The van der Waals surface area contributed by atoms with Crippen molar-refractivity contribution in [2.24, 2.45) is 0 Å². The van der Waals surface area contributed by atoms with Crippen LogP contribution in [-0.2, 0) is 11.3 Å². The molecule has 92 valence electrons. The Morgan fingerprint density at radius 3 is 3.00 bits per heavy atom. The smallest absolute Gasteiger partial charge is 0.152 e. The summed E-state index contributed by atoms with van der Waals surface area (Å²) < 4.78 is 12.9. The van der Waals surface area contributed by atoms with Gasteiger partial charge in [-0.15, -0.1) is 0 Å². The van der Waals surface area contributed by atoms with Crippen LogP contribution in [0.5, 0.6) is 5.75 Å². The molecule has 18 heavy (non-hydrogen) atoms. The van der Waals surface area contributed by atoms with Gasteiger partial charge in [0.25, 0.3) is 0 Å². The summed E-state index contributed by atoms with van der Waals surface area (Å²) in [5.41, 5.74) is 9.66. The second kappa shape index (κ2) is 3.49. The Balaban J connectivity index is 1.85. The molecule has 0 spiro atoms. The minimum absolute atomic E-state index is 0.361. The molecule has 5 heteroatoms. The number of fused-ring (bicyclic) bond motifs is 3. The lowest BCUT2D eigenvalue weighted by atomic mass is 10.0. The monoisotopic (exact) mass is 243 g/mol. The molecule has 4 rings (SSSR count). The number of rotatable bonds is 1. The Labute approximate surface area is 104 Å². The van der Waals surface area contributed by atoms with E-state index in [1.54, 1.807) is 0 Å². The number of anilines is 1. The minimum atomic E-state index is 0.361. The summed E-state index contributed by atoms with van der Waals surface area (Å²) in [5, 5.41) is 4.66. The van der Waals surface area contributed by atoms with Crippen LogP contribution in [0.4, 0.5) is 5.69 Å². The number of nitrogens with two attached hydrogens (primary N) is 1. The fourth-order valence-corrected chi connectivity index (χ4v) is 2.38. The second-order valence-electron chi connectivity index (χ2n) is 4.69. The molecule has 3 heterocycles. The van der Waals surface area contributed by atoms with Gasteiger partial charge in [-0.3, -0.25) is 4.68 Å². The fourth-order valence-electron chi connectivity index (χ4n) is 2.38. The van der Waals surface area contributed by atoms with Crippen molar-refractivity contribution < 1.29 is 9.47 Å². The Morgan fingerprint density at radius 1 is 1.33 bits per heavy atom. The molecule has 1 fully saturated rings. The van der Waals surface area contributed by atoms with Crippen molar-refractivity contribution in [1.82, 2.24) is 9.78 Å². The van der Waals surface area contributed by atoms with Crippen LogP contribution in [0.15, 0.2) is 24.4 Å². The van der Waals surface area contributed by atoms with Gasteiger partial charge in [-0.25, -0.2) is 0 Å². The minimum Gasteiger partial charge on any atom is -0.486 e. The predicted octanol–water partition coefficient (Wildman–Crippen LogP) is 1.60. The molecule has 5 nitrogen and oxygen atoms in total. The van der Waals surface area contributed by atoms with Crippen molar-refractivity contribution in [1.29, 1.82) is 0 Å². The van der Waals surface area contributed by atoms with Gasteiger partial charge in [-0.1, -0.05) is 6.07 Å². The topological polar surface area (TPSA) is 62.3 Å². The number of para-hydroxylation sites is 1. The standard InChI is InChI=1S/C13H13N3O2/c14-11-3-1-2-10-12-8(5-18-13(10)11)4-16(15-12)9-6-17-7-9/h1-4,9H,5-7,14H2. The van der Waals surface area contributed by atoms with E-state index in [1.165, 1.54) is 0 Å². The van der Waals surface area contributed by atoms with Crippen LogP contribution in [0.25, 0.3) is 11.3 Å². The van der Waals surface area contributed by atoms with Crippen LogP contribution in [0.2, 0.25) is 0 Å². The van der Waals surface area contributed by atoms with Crippen LogP contribution in [0.1, 0.15) is 11.6 Å². The third-order valence-electron chi connectivity index (χ3n) is 3.47. The Kier molecular flexibility index (Phi) is 1.93. The highest BCUT2D eigenvalue weighted by Crippen LogP contribution is 2.40. The molecule has 2 aliphatic rings. The third kappa shape index (κ3) is 1.28. The quantitative estimate of drug-likeness (QED) is 0.773. The Hall–Kier alpha value is -2.01. The normalized spacial score (nSPS) is 17.6. The summed E-state index contributed by atoms with van der Waals surface area (Å²) in [6.45, 7) is 2.01. The average molecular weight is 243 g/mol. The molecule has 2 aromatic rings. The highest BCUT2D eigenvalue weighted by atomic mass is 16.5. The molecule has 0 unspecified atom stereocenters. The van der Waals surface area contributed by atoms with Crippen molar-refractivity contribution in [3.8, 4) is 17.0 Å². The molecule has 0 bridgehead atoms. The lowest BCUT2D eigenvalue weighted by molar-refractivity contribution is -0.0285. The van der Waals surface area contributed by atoms with Crippen molar-refractivity contribution in [3.05, 3.63) is 30.0 Å². The lowest BCUT2D eigenvalue weighted by Crippen LogP contribution is -2.30.